The highest BCUT2D eigenvalue weighted by Crippen LogP contribution is 2.21. The first-order chi connectivity index (χ1) is 6.22. The van der Waals surface area contributed by atoms with Crippen LogP contribution in [0.15, 0.2) is 12.3 Å². The van der Waals surface area contributed by atoms with Crippen LogP contribution in [0, 0.1) is 6.92 Å². The van der Waals surface area contributed by atoms with Crippen molar-refractivity contribution in [3.05, 3.63) is 18.0 Å². The van der Waals surface area contributed by atoms with Crippen LogP contribution in [-0.4, -0.2) is 21.8 Å². The van der Waals surface area contributed by atoms with Crippen molar-refractivity contribution in [2.45, 2.75) is 6.92 Å². The van der Waals surface area contributed by atoms with Gasteiger partial charge < -0.3 is 5.32 Å². The lowest BCUT2D eigenvalue weighted by Gasteiger charge is -2.03. The molecule has 68 valence electrons. The predicted octanol–water partition coefficient (Wildman–Crippen LogP) is 1.32. The highest BCUT2D eigenvalue weighted by molar-refractivity contribution is 5.88. The van der Waals surface area contributed by atoms with Crippen molar-refractivity contribution in [1.29, 1.82) is 0 Å². The lowest BCUT2D eigenvalue weighted by molar-refractivity contribution is 0.785. The molecule has 2 aromatic heterocycles. The Kier molecular flexibility index (Phi) is 1.69. The molecule has 13 heavy (non-hydrogen) atoms. The Bertz CT molecular complexity index is 444. The SMILES string of the molecule is CNc1cc(C)nc2c1cnn2C. The van der Waals surface area contributed by atoms with E-state index in [1.165, 1.54) is 0 Å². The van der Waals surface area contributed by atoms with Gasteiger partial charge in [-0.05, 0) is 13.0 Å². The normalized spacial score (nSPS) is 10.7. The van der Waals surface area contributed by atoms with E-state index >= 15 is 0 Å². The van der Waals surface area contributed by atoms with Crippen LogP contribution in [-0.2, 0) is 7.05 Å². The van der Waals surface area contributed by atoms with Gasteiger partial charge in [-0.1, -0.05) is 0 Å². The molecular weight excluding hydrogens is 164 g/mol. The molecule has 0 saturated carbocycles. The standard InChI is InChI=1S/C9H12N4/c1-6-4-8(10-2)7-5-11-13(3)9(7)12-6/h4-5H,1-3H3,(H,10,12). The predicted molar refractivity (Wildman–Crippen MR) is 52.8 cm³/mol. The molecule has 4 heteroatoms. The number of nitrogens with one attached hydrogen (secondary N) is 1. The summed E-state index contributed by atoms with van der Waals surface area (Å²) in [5.74, 6) is 0. The van der Waals surface area contributed by atoms with Gasteiger partial charge in [0, 0.05) is 25.5 Å². The zero-order chi connectivity index (χ0) is 9.42. The monoisotopic (exact) mass is 176 g/mol. The maximum Gasteiger partial charge on any atom is 0.159 e. The Morgan fingerprint density at radius 3 is 2.92 bits per heavy atom. The van der Waals surface area contributed by atoms with Crippen LogP contribution in [0.1, 0.15) is 5.69 Å². The van der Waals surface area contributed by atoms with Gasteiger partial charge in [0.1, 0.15) is 0 Å². The topological polar surface area (TPSA) is 42.7 Å². The third-order valence-corrected chi connectivity index (χ3v) is 2.10. The van der Waals surface area contributed by atoms with Crippen molar-refractivity contribution in [3.63, 3.8) is 0 Å². The number of nitrogens with zero attached hydrogens (tertiary/aromatic N) is 3. The van der Waals surface area contributed by atoms with E-state index in [9.17, 15) is 0 Å². The van der Waals surface area contributed by atoms with E-state index < -0.39 is 0 Å². The molecule has 0 spiro atoms. The van der Waals surface area contributed by atoms with Crippen LogP contribution in [0.4, 0.5) is 5.69 Å². The quantitative estimate of drug-likeness (QED) is 0.712. The first kappa shape index (κ1) is 8.04. The third kappa shape index (κ3) is 1.14. The summed E-state index contributed by atoms with van der Waals surface area (Å²) in [6.45, 7) is 1.98. The molecule has 2 aromatic rings. The zero-order valence-electron chi connectivity index (χ0n) is 8.00. The second kappa shape index (κ2) is 2.73. The molecule has 0 aliphatic carbocycles. The van der Waals surface area contributed by atoms with Gasteiger partial charge in [-0.2, -0.15) is 5.10 Å². The number of rotatable bonds is 1. The number of hydrogen-bond donors (Lipinski definition) is 1. The summed E-state index contributed by atoms with van der Waals surface area (Å²) < 4.78 is 1.78. The van der Waals surface area contributed by atoms with Gasteiger partial charge in [-0.25, -0.2) is 4.98 Å². The molecule has 2 rings (SSSR count). The van der Waals surface area contributed by atoms with E-state index in [0.29, 0.717) is 0 Å². The maximum absolute atomic E-state index is 4.40. The number of fused-ring (bicyclic) bond motifs is 1. The molecule has 0 saturated heterocycles. The highest BCUT2D eigenvalue weighted by Gasteiger charge is 2.05. The molecule has 0 aliphatic rings. The molecule has 2 heterocycles. The fourth-order valence-corrected chi connectivity index (χ4v) is 1.45. The second-order valence-electron chi connectivity index (χ2n) is 3.07. The lowest BCUT2D eigenvalue weighted by atomic mass is 10.2. The van der Waals surface area contributed by atoms with Gasteiger partial charge >= 0.3 is 0 Å². The Morgan fingerprint density at radius 1 is 1.46 bits per heavy atom. The van der Waals surface area contributed by atoms with E-state index in [-0.39, 0.29) is 0 Å². The van der Waals surface area contributed by atoms with Crippen LogP contribution in [0.2, 0.25) is 0 Å². The minimum atomic E-state index is 0.921. The minimum Gasteiger partial charge on any atom is -0.387 e. The van der Waals surface area contributed by atoms with E-state index in [1.54, 1.807) is 4.68 Å². The molecule has 0 aliphatic heterocycles. The molecule has 0 bridgehead atoms. The summed E-state index contributed by atoms with van der Waals surface area (Å²) in [6.07, 6.45) is 1.83. The van der Waals surface area contributed by atoms with Gasteiger partial charge in [-0.3, -0.25) is 4.68 Å². The Morgan fingerprint density at radius 2 is 2.23 bits per heavy atom. The van der Waals surface area contributed by atoms with Gasteiger partial charge in [0.15, 0.2) is 5.65 Å². The average molecular weight is 176 g/mol. The Balaban J connectivity index is 2.84. The van der Waals surface area contributed by atoms with Crippen LogP contribution in [0.3, 0.4) is 0 Å². The molecular formula is C9H12N4. The zero-order valence-corrected chi connectivity index (χ0v) is 8.00. The summed E-state index contributed by atoms with van der Waals surface area (Å²) in [7, 11) is 3.80. The molecule has 0 amide bonds. The van der Waals surface area contributed by atoms with Crippen LogP contribution in [0.25, 0.3) is 11.0 Å². The van der Waals surface area contributed by atoms with Crippen molar-refractivity contribution in [3.8, 4) is 0 Å². The van der Waals surface area contributed by atoms with Crippen LogP contribution in [0.5, 0.6) is 0 Å². The maximum atomic E-state index is 4.40. The number of anilines is 1. The first-order valence-electron chi connectivity index (χ1n) is 4.19. The summed E-state index contributed by atoms with van der Waals surface area (Å²) in [4.78, 5) is 4.40. The lowest BCUT2D eigenvalue weighted by Crippen LogP contribution is -1.95. The number of aryl methyl sites for hydroxylation is 2. The molecule has 0 aromatic carbocycles. The first-order valence-corrected chi connectivity index (χ1v) is 4.19. The molecule has 0 unspecified atom stereocenters. The Hall–Kier alpha value is -1.58. The summed E-state index contributed by atoms with van der Waals surface area (Å²) in [6, 6.07) is 2.02. The molecule has 0 atom stereocenters. The minimum absolute atomic E-state index is 0.921. The van der Waals surface area contributed by atoms with Crippen molar-refractivity contribution >= 4 is 16.7 Å². The van der Waals surface area contributed by atoms with Crippen molar-refractivity contribution in [1.82, 2.24) is 14.8 Å². The summed E-state index contributed by atoms with van der Waals surface area (Å²) in [5, 5.41) is 8.36. The van der Waals surface area contributed by atoms with E-state index in [1.807, 2.05) is 33.3 Å². The van der Waals surface area contributed by atoms with E-state index in [0.717, 1.165) is 22.4 Å². The highest BCUT2D eigenvalue weighted by atomic mass is 15.3. The molecule has 0 fully saturated rings. The molecule has 1 N–H and O–H groups in total. The molecule has 4 nitrogen and oxygen atoms in total. The fourth-order valence-electron chi connectivity index (χ4n) is 1.45. The third-order valence-electron chi connectivity index (χ3n) is 2.10. The van der Waals surface area contributed by atoms with E-state index in [4.69, 9.17) is 0 Å². The number of hydrogen-bond acceptors (Lipinski definition) is 3. The number of pyridine rings is 1. The van der Waals surface area contributed by atoms with Gasteiger partial charge in [0.05, 0.1) is 11.6 Å². The van der Waals surface area contributed by atoms with Crippen molar-refractivity contribution in [2.24, 2.45) is 7.05 Å². The van der Waals surface area contributed by atoms with Gasteiger partial charge in [0.2, 0.25) is 0 Å². The van der Waals surface area contributed by atoms with Gasteiger partial charge in [-0.15, -0.1) is 0 Å². The summed E-state index contributed by atoms with van der Waals surface area (Å²) in [5.41, 5.74) is 3.00. The second-order valence-corrected chi connectivity index (χ2v) is 3.07. The molecule has 0 radical (unpaired) electrons. The van der Waals surface area contributed by atoms with E-state index in [2.05, 4.69) is 15.4 Å². The van der Waals surface area contributed by atoms with Gasteiger partial charge in [0.25, 0.3) is 0 Å². The average Bonchev–Trinajstić information content (AvgIpc) is 2.47. The summed E-state index contributed by atoms with van der Waals surface area (Å²) >= 11 is 0. The van der Waals surface area contributed by atoms with Crippen LogP contribution >= 0.6 is 0 Å². The number of aromatic nitrogens is 3. The van der Waals surface area contributed by atoms with Crippen molar-refractivity contribution < 1.29 is 0 Å². The Labute approximate surface area is 76.6 Å². The van der Waals surface area contributed by atoms with Crippen molar-refractivity contribution in [2.75, 3.05) is 12.4 Å². The fraction of sp³-hybridized carbons (Fsp3) is 0.333. The smallest absolute Gasteiger partial charge is 0.159 e. The van der Waals surface area contributed by atoms with Crippen LogP contribution < -0.4 is 5.32 Å². The largest absolute Gasteiger partial charge is 0.387 e.